The maximum Gasteiger partial charge on any atom is 0.342 e. The van der Waals surface area contributed by atoms with Crippen molar-refractivity contribution >= 4 is 16.1 Å². The highest BCUT2D eigenvalue weighted by Crippen LogP contribution is 2.07. The van der Waals surface area contributed by atoms with Crippen molar-refractivity contribution < 1.29 is 33.1 Å². The van der Waals surface area contributed by atoms with E-state index in [2.05, 4.69) is 0 Å². The van der Waals surface area contributed by atoms with E-state index in [0.29, 0.717) is 0 Å². The standard InChI is InChI=1S/C5H9O7S/c6-3(4(7)5(8)9)1-2-13(10,11)12/h3,6-7H,1-2H2,(H,8,9)(H,10,11,12). The summed E-state index contributed by atoms with van der Waals surface area (Å²) < 4.78 is 28.5. The summed E-state index contributed by atoms with van der Waals surface area (Å²) in [6, 6.07) is 0. The molecule has 0 amide bonds. The van der Waals surface area contributed by atoms with Crippen LogP contribution in [0.2, 0.25) is 0 Å². The van der Waals surface area contributed by atoms with E-state index in [-0.39, 0.29) is 0 Å². The fourth-order valence-electron chi connectivity index (χ4n) is 0.540. The van der Waals surface area contributed by atoms with Crippen LogP contribution in [0.4, 0.5) is 0 Å². The molecule has 0 aromatic rings. The Balaban J connectivity index is 4.02. The topological polar surface area (TPSA) is 132 Å². The van der Waals surface area contributed by atoms with E-state index in [0.717, 1.165) is 0 Å². The molecule has 7 nitrogen and oxygen atoms in total. The molecule has 0 saturated carbocycles. The lowest BCUT2D eigenvalue weighted by atomic mass is 10.1. The summed E-state index contributed by atoms with van der Waals surface area (Å²) in [5, 5.41) is 25.5. The van der Waals surface area contributed by atoms with Crippen molar-refractivity contribution in [3.05, 3.63) is 6.10 Å². The Kier molecular flexibility index (Phi) is 4.27. The lowest BCUT2D eigenvalue weighted by molar-refractivity contribution is -0.142. The highest BCUT2D eigenvalue weighted by molar-refractivity contribution is 7.85. The van der Waals surface area contributed by atoms with E-state index in [1.165, 1.54) is 0 Å². The molecule has 1 atom stereocenters. The quantitative estimate of drug-likeness (QED) is 0.413. The number of aliphatic hydroxyl groups excluding tert-OH is 2. The molecule has 0 bridgehead atoms. The minimum Gasteiger partial charge on any atom is -0.479 e. The first-order valence-corrected chi connectivity index (χ1v) is 4.77. The van der Waals surface area contributed by atoms with E-state index in [9.17, 15) is 13.2 Å². The zero-order valence-electron chi connectivity index (χ0n) is 6.41. The summed E-state index contributed by atoms with van der Waals surface area (Å²) in [6.07, 6.45) is -3.61. The van der Waals surface area contributed by atoms with E-state index in [1.807, 2.05) is 0 Å². The van der Waals surface area contributed by atoms with Crippen LogP contribution in [0.5, 0.6) is 0 Å². The highest BCUT2D eigenvalue weighted by Gasteiger charge is 2.26. The summed E-state index contributed by atoms with van der Waals surface area (Å²) in [5.74, 6) is -2.55. The number of rotatable bonds is 5. The first-order chi connectivity index (χ1) is 5.74. The maximum atomic E-state index is 10.1. The molecule has 4 N–H and O–H groups in total. The Morgan fingerprint density at radius 2 is 1.77 bits per heavy atom. The Morgan fingerprint density at radius 1 is 1.31 bits per heavy atom. The number of carbonyl (C=O) groups is 1. The summed E-state index contributed by atoms with van der Waals surface area (Å²) in [4.78, 5) is 10.0. The molecule has 0 saturated heterocycles. The second kappa shape index (κ2) is 4.51. The van der Waals surface area contributed by atoms with Crippen LogP contribution in [0.1, 0.15) is 6.42 Å². The third kappa shape index (κ3) is 5.53. The Bertz CT molecular complexity index is 269. The van der Waals surface area contributed by atoms with Gasteiger partial charge in [-0.05, 0) is 6.42 Å². The van der Waals surface area contributed by atoms with Crippen molar-refractivity contribution in [1.82, 2.24) is 0 Å². The van der Waals surface area contributed by atoms with Crippen molar-refractivity contribution in [3.63, 3.8) is 0 Å². The number of carboxylic acid groups (broad SMARTS) is 1. The number of hydrogen-bond donors (Lipinski definition) is 4. The first-order valence-electron chi connectivity index (χ1n) is 3.16. The molecule has 0 heterocycles. The zero-order valence-corrected chi connectivity index (χ0v) is 7.23. The first kappa shape index (κ1) is 12.3. The molecule has 1 radical (unpaired) electrons. The predicted octanol–water partition coefficient (Wildman–Crippen LogP) is -1.39. The van der Waals surface area contributed by atoms with Gasteiger partial charge in [-0.3, -0.25) is 4.55 Å². The third-order valence-corrected chi connectivity index (χ3v) is 1.94. The van der Waals surface area contributed by atoms with Crippen molar-refractivity contribution in [3.8, 4) is 0 Å². The molecule has 8 heteroatoms. The number of carboxylic acids is 1. The molecule has 0 fully saturated rings. The molecule has 0 aliphatic heterocycles. The smallest absolute Gasteiger partial charge is 0.342 e. The third-order valence-electron chi connectivity index (χ3n) is 1.18. The predicted molar refractivity (Wildman–Crippen MR) is 39.9 cm³/mol. The molecule has 77 valence electrons. The molecular formula is C5H9O7S. The molecule has 13 heavy (non-hydrogen) atoms. The average Bonchev–Trinajstić information content (AvgIpc) is 1.97. The Hall–Kier alpha value is -0.700. The van der Waals surface area contributed by atoms with Crippen LogP contribution >= 0.6 is 0 Å². The molecule has 1 unspecified atom stereocenters. The average molecular weight is 213 g/mol. The van der Waals surface area contributed by atoms with Gasteiger partial charge in [0.25, 0.3) is 10.1 Å². The van der Waals surface area contributed by atoms with Crippen molar-refractivity contribution in [1.29, 1.82) is 0 Å². The highest BCUT2D eigenvalue weighted by atomic mass is 32.2. The summed E-state index contributed by atoms with van der Waals surface area (Å²) >= 11 is 0. The number of aliphatic carboxylic acids is 1. The van der Waals surface area contributed by atoms with Crippen LogP contribution in [-0.2, 0) is 14.9 Å². The summed E-state index contributed by atoms with van der Waals surface area (Å²) in [7, 11) is -4.26. The van der Waals surface area contributed by atoms with Crippen LogP contribution in [0.15, 0.2) is 0 Å². The molecule has 0 aliphatic carbocycles. The van der Waals surface area contributed by atoms with Crippen LogP contribution in [0, 0.1) is 6.10 Å². The fourth-order valence-corrected chi connectivity index (χ4v) is 1.06. The van der Waals surface area contributed by atoms with Crippen molar-refractivity contribution in [2.75, 3.05) is 5.75 Å². The minimum atomic E-state index is -4.26. The van der Waals surface area contributed by atoms with E-state index >= 15 is 0 Å². The van der Waals surface area contributed by atoms with Crippen LogP contribution in [-0.4, -0.2) is 46.1 Å². The van der Waals surface area contributed by atoms with Gasteiger partial charge >= 0.3 is 5.97 Å². The van der Waals surface area contributed by atoms with Gasteiger partial charge in [0.2, 0.25) is 6.10 Å². The van der Waals surface area contributed by atoms with Gasteiger partial charge < -0.3 is 15.3 Å². The van der Waals surface area contributed by atoms with Gasteiger partial charge in [-0.1, -0.05) is 0 Å². The number of aliphatic hydroxyl groups is 2. The van der Waals surface area contributed by atoms with Gasteiger partial charge in [0, 0.05) is 0 Å². The molecule has 0 aliphatic rings. The van der Waals surface area contributed by atoms with E-state index in [4.69, 9.17) is 19.9 Å². The van der Waals surface area contributed by atoms with Crippen LogP contribution in [0.3, 0.4) is 0 Å². The zero-order chi connectivity index (χ0) is 10.6. The lowest BCUT2D eigenvalue weighted by Crippen LogP contribution is -2.27. The van der Waals surface area contributed by atoms with Gasteiger partial charge in [-0.25, -0.2) is 4.79 Å². The fraction of sp³-hybridized carbons (Fsp3) is 0.600. The summed E-state index contributed by atoms with van der Waals surface area (Å²) in [5.41, 5.74) is 0. The second-order valence-corrected chi connectivity index (χ2v) is 3.85. The molecular weight excluding hydrogens is 204 g/mol. The van der Waals surface area contributed by atoms with E-state index < -0.39 is 40.5 Å². The lowest BCUT2D eigenvalue weighted by Gasteiger charge is -2.10. The van der Waals surface area contributed by atoms with Crippen molar-refractivity contribution in [2.45, 2.75) is 12.5 Å². The van der Waals surface area contributed by atoms with Gasteiger partial charge in [0.05, 0.1) is 11.9 Å². The molecule has 0 spiro atoms. The SMILES string of the molecule is O=C(O)[C](O)C(O)CCS(=O)(=O)O. The van der Waals surface area contributed by atoms with Gasteiger partial charge in [0.1, 0.15) is 0 Å². The largest absolute Gasteiger partial charge is 0.479 e. The van der Waals surface area contributed by atoms with Gasteiger partial charge in [0.15, 0.2) is 0 Å². The van der Waals surface area contributed by atoms with Gasteiger partial charge in [-0.15, -0.1) is 0 Å². The molecule has 0 aromatic carbocycles. The second-order valence-electron chi connectivity index (χ2n) is 2.28. The summed E-state index contributed by atoms with van der Waals surface area (Å²) in [6.45, 7) is 0. The van der Waals surface area contributed by atoms with Gasteiger partial charge in [-0.2, -0.15) is 8.42 Å². The van der Waals surface area contributed by atoms with Crippen LogP contribution in [0.25, 0.3) is 0 Å². The normalized spacial score (nSPS) is 14.5. The Labute approximate surface area is 74.4 Å². The minimum absolute atomic E-state index is 0.572. The molecule has 0 rings (SSSR count). The Morgan fingerprint density at radius 3 is 2.08 bits per heavy atom. The maximum absolute atomic E-state index is 10.1. The molecule has 0 aromatic heterocycles. The van der Waals surface area contributed by atoms with Crippen molar-refractivity contribution in [2.24, 2.45) is 0 Å². The van der Waals surface area contributed by atoms with E-state index in [1.54, 1.807) is 0 Å². The number of hydrogen-bond acceptors (Lipinski definition) is 5. The van der Waals surface area contributed by atoms with Crippen LogP contribution < -0.4 is 0 Å². The monoisotopic (exact) mass is 213 g/mol.